The topological polar surface area (TPSA) is 75.6 Å². The lowest BCUT2D eigenvalue weighted by atomic mass is 9.84. The van der Waals surface area contributed by atoms with Gasteiger partial charge in [0.1, 0.15) is 6.61 Å². The largest absolute Gasteiger partial charge is 0.481 e. The number of aliphatic carboxylic acids is 1. The van der Waals surface area contributed by atoms with Crippen LogP contribution >= 0.6 is 0 Å². The second kappa shape index (κ2) is 6.81. The Balaban J connectivity index is 1.93. The van der Waals surface area contributed by atoms with Crippen molar-refractivity contribution in [3.05, 3.63) is 35.9 Å². The SMILES string of the molecule is CCC1CC(NC(=O)OCc2ccccc2)C(C)(C(=O)O)C1. The Morgan fingerprint density at radius 1 is 1.36 bits per heavy atom. The number of carboxylic acids is 1. The van der Waals surface area contributed by atoms with Crippen molar-refractivity contribution >= 4 is 12.1 Å². The number of carboxylic acid groups (broad SMARTS) is 1. The lowest BCUT2D eigenvalue weighted by Gasteiger charge is -2.27. The van der Waals surface area contributed by atoms with E-state index in [4.69, 9.17) is 4.74 Å². The van der Waals surface area contributed by atoms with E-state index in [1.165, 1.54) is 0 Å². The number of amides is 1. The van der Waals surface area contributed by atoms with Gasteiger partial charge in [0, 0.05) is 6.04 Å². The molecule has 0 spiro atoms. The average Bonchev–Trinajstić information content (AvgIpc) is 2.84. The van der Waals surface area contributed by atoms with E-state index in [2.05, 4.69) is 5.32 Å². The minimum absolute atomic E-state index is 0.181. The lowest BCUT2D eigenvalue weighted by Crippen LogP contribution is -2.47. The highest BCUT2D eigenvalue weighted by atomic mass is 16.5. The summed E-state index contributed by atoms with van der Waals surface area (Å²) in [5.41, 5.74) is -0.0246. The molecule has 2 N–H and O–H groups in total. The van der Waals surface area contributed by atoms with Gasteiger partial charge in [-0.3, -0.25) is 4.79 Å². The molecule has 2 rings (SSSR count). The number of benzene rings is 1. The number of rotatable bonds is 5. The number of hydrogen-bond acceptors (Lipinski definition) is 3. The van der Waals surface area contributed by atoms with Gasteiger partial charge in [0.15, 0.2) is 0 Å². The first-order valence-corrected chi connectivity index (χ1v) is 7.66. The highest BCUT2D eigenvalue weighted by molar-refractivity contribution is 5.77. The quantitative estimate of drug-likeness (QED) is 0.876. The molecule has 0 heterocycles. The number of nitrogens with one attached hydrogen (secondary N) is 1. The van der Waals surface area contributed by atoms with Crippen LogP contribution in [-0.2, 0) is 16.1 Å². The molecule has 1 aromatic carbocycles. The van der Waals surface area contributed by atoms with Crippen LogP contribution in [0.4, 0.5) is 4.79 Å². The van der Waals surface area contributed by atoms with Crippen molar-refractivity contribution in [2.75, 3.05) is 0 Å². The van der Waals surface area contributed by atoms with Crippen LogP contribution in [0.5, 0.6) is 0 Å². The zero-order valence-corrected chi connectivity index (χ0v) is 13.0. The third kappa shape index (κ3) is 3.59. The van der Waals surface area contributed by atoms with E-state index in [1.54, 1.807) is 6.92 Å². The minimum atomic E-state index is -0.924. The van der Waals surface area contributed by atoms with E-state index in [1.807, 2.05) is 37.3 Å². The zero-order valence-electron chi connectivity index (χ0n) is 13.0. The van der Waals surface area contributed by atoms with Gasteiger partial charge in [-0.25, -0.2) is 4.79 Å². The summed E-state index contributed by atoms with van der Waals surface area (Å²) in [6, 6.07) is 9.00. The molecule has 0 radical (unpaired) electrons. The number of hydrogen-bond donors (Lipinski definition) is 2. The first-order chi connectivity index (χ1) is 10.5. The Morgan fingerprint density at radius 2 is 2.05 bits per heavy atom. The lowest BCUT2D eigenvalue weighted by molar-refractivity contribution is -0.148. The predicted octanol–water partition coefficient (Wildman–Crippen LogP) is 3.19. The van der Waals surface area contributed by atoms with Gasteiger partial charge < -0.3 is 15.2 Å². The van der Waals surface area contributed by atoms with Crippen LogP contribution in [0.3, 0.4) is 0 Å². The molecule has 120 valence electrons. The van der Waals surface area contributed by atoms with Gasteiger partial charge in [-0.05, 0) is 31.2 Å². The monoisotopic (exact) mass is 305 g/mol. The fourth-order valence-electron chi connectivity index (χ4n) is 3.09. The second-order valence-electron chi connectivity index (χ2n) is 6.20. The molecular formula is C17H23NO4. The Labute approximate surface area is 130 Å². The van der Waals surface area contributed by atoms with Crippen LogP contribution in [0, 0.1) is 11.3 Å². The van der Waals surface area contributed by atoms with Gasteiger partial charge in [-0.1, -0.05) is 43.7 Å². The molecule has 22 heavy (non-hydrogen) atoms. The number of alkyl carbamates (subject to hydrolysis) is 1. The maximum atomic E-state index is 12.0. The molecular weight excluding hydrogens is 282 g/mol. The van der Waals surface area contributed by atoms with E-state index >= 15 is 0 Å². The number of carbonyl (C=O) groups is 2. The molecule has 3 unspecified atom stereocenters. The van der Waals surface area contributed by atoms with E-state index in [9.17, 15) is 14.7 Å². The summed E-state index contributed by atoms with van der Waals surface area (Å²) < 4.78 is 5.19. The standard InChI is InChI=1S/C17H23NO4/c1-3-12-9-14(17(2,10-12)15(19)20)18-16(21)22-11-13-7-5-4-6-8-13/h4-8,12,14H,3,9-11H2,1-2H3,(H,18,21)(H,19,20). The highest BCUT2D eigenvalue weighted by Gasteiger charge is 2.49. The van der Waals surface area contributed by atoms with Crippen molar-refractivity contribution in [3.63, 3.8) is 0 Å². The van der Waals surface area contributed by atoms with Crippen molar-refractivity contribution in [1.82, 2.24) is 5.32 Å². The van der Waals surface area contributed by atoms with Crippen LogP contribution in [0.25, 0.3) is 0 Å². The Hall–Kier alpha value is -2.04. The molecule has 1 aliphatic rings. The molecule has 1 aliphatic carbocycles. The van der Waals surface area contributed by atoms with E-state index in [0.717, 1.165) is 12.0 Å². The Kier molecular flexibility index (Phi) is 5.06. The molecule has 5 nitrogen and oxygen atoms in total. The van der Waals surface area contributed by atoms with Crippen molar-refractivity contribution < 1.29 is 19.4 Å². The molecule has 0 aromatic heterocycles. The van der Waals surface area contributed by atoms with Crippen molar-refractivity contribution in [3.8, 4) is 0 Å². The van der Waals surface area contributed by atoms with E-state index in [0.29, 0.717) is 18.8 Å². The third-order valence-electron chi connectivity index (χ3n) is 4.62. The van der Waals surface area contributed by atoms with Crippen molar-refractivity contribution in [2.45, 2.75) is 45.8 Å². The van der Waals surface area contributed by atoms with Crippen LogP contribution in [0.2, 0.25) is 0 Å². The predicted molar refractivity (Wildman–Crippen MR) is 82.3 cm³/mol. The van der Waals surface area contributed by atoms with Gasteiger partial charge in [-0.15, -0.1) is 0 Å². The highest BCUT2D eigenvalue weighted by Crippen LogP contribution is 2.43. The maximum absolute atomic E-state index is 12.0. The number of ether oxygens (including phenoxy) is 1. The van der Waals surface area contributed by atoms with Crippen LogP contribution in [0.15, 0.2) is 30.3 Å². The van der Waals surface area contributed by atoms with Gasteiger partial charge in [0.25, 0.3) is 0 Å². The summed E-state index contributed by atoms with van der Waals surface area (Å²) >= 11 is 0. The summed E-state index contributed by atoms with van der Waals surface area (Å²) in [4.78, 5) is 23.5. The summed E-state index contributed by atoms with van der Waals surface area (Å²) in [6.07, 6.45) is 1.63. The Morgan fingerprint density at radius 3 is 2.64 bits per heavy atom. The van der Waals surface area contributed by atoms with Crippen LogP contribution in [-0.4, -0.2) is 23.2 Å². The zero-order chi connectivity index (χ0) is 16.2. The summed E-state index contributed by atoms with van der Waals surface area (Å²) in [7, 11) is 0. The Bertz CT molecular complexity index is 531. The van der Waals surface area contributed by atoms with Gasteiger partial charge >= 0.3 is 12.1 Å². The number of carbonyl (C=O) groups excluding carboxylic acids is 1. The molecule has 1 fully saturated rings. The van der Waals surface area contributed by atoms with Gasteiger partial charge in [0.2, 0.25) is 0 Å². The van der Waals surface area contributed by atoms with Gasteiger partial charge in [-0.2, -0.15) is 0 Å². The summed E-state index contributed by atoms with van der Waals surface area (Å²) in [5, 5.41) is 12.2. The maximum Gasteiger partial charge on any atom is 0.407 e. The second-order valence-corrected chi connectivity index (χ2v) is 6.20. The van der Waals surface area contributed by atoms with Gasteiger partial charge in [0.05, 0.1) is 5.41 Å². The fraction of sp³-hybridized carbons (Fsp3) is 0.529. The van der Waals surface area contributed by atoms with E-state index < -0.39 is 23.5 Å². The van der Waals surface area contributed by atoms with Crippen LogP contribution in [0.1, 0.15) is 38.7 Å². The summed E-state index contributed by atoms with van der Waals surface area (Å²) in [6.45, 7) is 3.93. The van der Waals surface area contributed by atoms with E-state index in [-0.39, 0.29) is 6.61 Å². The minimum Gasteiger partial charge on any atom is -0.481 e. The molecule has 0 aliphatic heterocycles. The molecule has 1 aromatic rings. The average molecular weight is 305 g/mol. The molecule has 0 bridgehead atoms. The third-order valence-corrected chi connectivity index (χ3v) is 4.62. The van der Waals surface area contributed by atoms with Crippen molar-refractivity contribution in [2.24, 2.45) is 11.3 Å². The molecule has 1 amide bonds. The fourth-order valence-corrected chi connectivity index (χ4v) is 3.09. The van der Waals surface area contributed by atoms with Crippen LogP contribution < -0.4 is 5.32 Å². The first-order valence-electron chi connectivity index (χ1n) is 7.66. The van der Waals surface area contributed by atoms with Crippen molar-refractivity contribution in [1.29, 1.82) is 0 Å². The molecule has 0 saturated heterocycles. The normalized spacial score (nSPS) is 27.4. The smallest absolute Gasteiger partial charge is 0.407 e. The molecule has 5 heteroatoms. The molecule has 1 saturated carbocycles. The summed E-state index contributed by atoms with van der Waals surface area (Å²) in [5.74, 6) is -0.544. The molecule has 3 atom stereocenters. The first kappa shape index (κ1) is 16.3.